The van der Waals surface area contributed by atoms with Crippen LogP contribution in [0.5, 0.6) is 11.5 Å². The summed E-state index contributed by atoms with van der Waals surface area (Å²) in [7, 11) is 1.56. The Balaban J connectivity index is 1.88. The number of para-hydroxylation sites is 1. The Morgan fingerprint density at radius 2 is 2.00 bits per heavy atom. The van der Waals surface area contributed by atoms with Gasteiger partial charge in [-0.15, -0.1) is 0 Å². The lowest BCUT2D eigenvalue weighted by Gasteiger charge is -2.10. The highest BCUT2D eigenvalue weighted by molar-refractivity contribution is 6.32. The minimum atomic E-state index is -0.560. The van der Waals surface area contributed by atoms with Gasteiger partial charge < -0.3 is 14.8 Å². The van der Waals surface area contributed by atoms with Crippen molar-refractivity contribution in [3.05, 3.63) is 63.2 Å². The van der Waals surface area contributed by atoms with Crippen molar-refractivity contribution in [1.82, 2.24) is 5.32 Å². The number of hydrogen-bond donors (Lipinski definition) is 1. The van der Waals surface area contributed by atoms with Crippen LogP contribution in [0.4, 0.5) is 5.69 Å². The van der Waals surface area contributed by atoms with Crippen molar-refractivity contribution in [2.45, 2.75) is 6.54 Å². The van der Waals surface area contributed by atoms with Gasteiger partial charge in [-0.25, -0.2) is 0 Å². The number of nitrogens with one attached hydrogen (secondary N) is 1. The summed E-state index contributed by atoms with van der Waals surface area (Å²) in [6.45, 7) is 0.0346. The molecule has 0 aliphatic carbocycles. The Hall–Kier alpha value is -2.80. The summed E-state index contributed by atoms with van der Waals surface area (Å²) in [5, 5.41) is 13.4. The van der Waals surface area contributed by atoms with Crippen molar-refractivity contribution in [1.29, 1.82) is 0 Å². The molecule has 0 saturated carbocycles. The molecule has 0 heterocycles. The number of nitrogens with zero attached hydrogens (tertiary/aromatic N) is 1. The van der Waals surface area contributed by atoms with Gasteiger partial charge in [-0.05, 0) is 12.1 Å². The van der Waals surface area contributed by atoms with Gasteiger partial charge in [-0.3, -0.25) is 14.9 Å². The van der Waals surface area contributed by atoms with Crippen LogP contribution in [0.15, 0.2) is 42.5 Å². The quantitative estimate of drug-likeness (QED) is 0.612. The number of ether oxygens (including phenoxy) is 2. The van der Waals surface area contributed by atoms with Crippen LogP contribution >= 0.6 is 11.6 Å². The second-order valence-electron chi connectivity index (χ2n) is 4.75. The molecule has 0 aliphatic rings. The van der Waals surface area contributed by atoms with E-state index in [-0.39, 0.29) is 29.0 Å². The molecule has 2 aromatic carbocycles. The normalized spacial score (nSPS) is 10.1. The molecule has 0 radical (unpaired) electrons. The lowest BCUT2D eigenvalue weighted by atomic mass is 10.2. The molecule has 0 spiro atoms. The first-order valence-electron chi connectivity index (χ1n) is 6.96. The predicted molar refractivity (Wildman–Crippen MR) is 88.4 cm³/mol. The molecule has 24 heavy (non-hydrogen) atoms. The van der Waals surface area contributed by atoms with Crippen LogP contribution in [-0.4, -0.2) is 24.5 Å². The topological polar surface area (TPSA) is 90.7 Å². The van der Waals surface area contributed by atoms with Gasteiger partial charge in [0, 0.05) is 24.2 Å². The number of nitro benzene ring substituents is 1. The maximum Gasteiger partial charge on any atom is 0.271 e. The first-order chi connectivity index (χ1) is 11.5. The SMILES string of the molecule is COc1ccccc1CNC(=O)COc1ccc([N+](=O)[O-])cc1Cl. The van der Waals surface area contributed by atoms with Crippen molar-refractivity contribution < 1.29 is 19.2 Å². The number of carbonyl (C=O) groups is 1. The maximum atomic E-state index is 11.8. The van der Waals surface area contributed by atoms with Gasteiger partial charge in [-0.2, -0.15) is 0 Å². The van der Waals surface area contributed by atoms with E-state index in [0.717, 1.165) is 5.56 Å². The third kappa shape index (κ3) is 4.60. The zero-order chi connectivity index (χ0) is 17.5. The van der Waals surface area contributed by atoms with E-state index in [4.69, 9.17) is 21.1 Å². The predicted octanol–water partition coefficient (Wildman–Crippen LogP) is 2.95. The average Bonchev–Trinajstić information content (AvgIpc) is 2.58. The van der Waals surface area contributed by atoms with E-state index in [1.165, 1.54) is 18.2 Å². The number of methoxy groups -OCH3 is 1. The van der Waals surface area contributed by atoms with Gasteiger partial charge in [0.1, 0.15) is 11.5 Å². The lowest BCUT2D eigenvalue weighted by Crippen LogP contribution is -2.28. The maximum absolute atomic E-state index is 11.8. The van der Waals surface area contributed by atoms with Gasteiger partial charge >= 0.3 is 0 Å². The summed E-state index contributed by atoms with van der Waals surface area (Å²) in [5.74, 6) is 0.530. The molecule has 7 nitrogen and oxygen atoms in total. The number of amides is 1. The van der Waals surface area contributed by atoms with Crippen molar-refractivity contribution in [3.8, 4) is 11.5 Å². The number of nitro groups is 1. The molecular formula is C16H15ClN2O5. The summed E-state index contributed by atoms with van der Waals surface area (Å²) >= 11 is 5.89. The van der Waals surface area contributed by atoms with E-state index >= 15 is 0 Å². The van der Waals surface area contributed by atoms with Gasteiger partial charge in [0.2, 0.25) is 0 Å². The fraction of sp³-hybridized carbons (Fsp3) is 0.188. The van der Waals surface area contributed by atoms with Crippen LogP contribution in [0.25, 0.3) is 0 Å². The number of hydrogen-bond acceptors (Lipinski definition) is 5. The van der Waals surface area contributed by atoms with Crippen LogP contribution in [0, 0.1) is 10.1 Å². The minimum Gasteiger partial charge on any atom is -0.496 e. The molecule has 2 aromatic rings. The van der Waals surface area contributed by atoms with Crippen LogP contribution in [-0.2, 0) is 11.3 Å². The zero-order valence-electron chi connectivity index (χ0n) is 12.8. The van der Waals surface area contributed by atoms with E-state index in [0.29, 0.717) is 12.3 Å². The molecule has 1 amide bonds. The molecular weight excluding hydrogens is 336 g/mol. The summed E-state index contributed by atoms with van der Waals surface area (Å²) in [5.41, 5.74) is 0.690. The highest BCUT2D eigenvalue weighted by Crippen LogP contribution is 2.28. The number of halogens is 1. The molecule has 0 atom stereocenters. The monoisotopic (exact) mass is 350 g/mol. The fourth-order valence-corrected chi connectivity index (χ4v) is 2.19. The molecule has 0 unspecified atom stereocenters. The third-order valence-corrected chi connectivity index (χ3v) is 3.45. The molecule has 126 valence electrons. The van der Waals surface area contributed by atoms with Crippen molar-refractivity contribution in [3.63, 3.8) is 0 Å². The average molecular weight is 351 g/mol. The van der Waals surface area contributed by atoms with E-state index < -0.39 is 4.92 Å². The third-order valence-electron chi connectivity index (χ3n) is 3.15. The first kappa shape index (κ1) is 17.6. The van der Waals surface area contributed by atoms with Gasteiger partial charge in [0.15, 0.2) is 6.61 Å². The molecule has 8 heteroatoms. The summed E-state index contributed by atoms with van der Waals surface area (Å²) in [4.78, 5) is 21.9. The molecule has 0 aliphatic heterocycles. The fourth-order valence-electron chi connectivity index (χ4n) is 1.96. The Morgan fingerprint density at radius 3 is 2.67 bits per heavy atom. The summed E-state index contributed by atoms with van der Waals surface area (Å²) in [6.07, 6.45) is 0. The highest BCUT2D eigenvalue weighted by atomic mass is 35.5. The number of rotatable bonds is 7. The zero-order valence-corrected chi connectivity index (χ0v) is 13.6. The largest absolute Gasteiger partial charge is 0.496 e. The van der Waals surface area contributed by atoms with Crippen molar-refractivity contribution in [2.75, 3.05) is 13.7 Å². The van der Waals surface area contributed by atoms with E-state index in [2.05, 4.69) is 5.32 Å². The van der Waals surface area contributed by atoms with E-state index in [1.807, 2.05) is 18.2 Å². The van der Waals surface area contributed by atoms with E-state index in [1.54, 1.807) is 13.2 Å². The van der Waals surface area contributed by atoms with Gasteiger partial charge in [0.05, 0.1) is 17.1 Å². The van der Waals surface area contributed by atoms with Crippen molar-refractivity contribution >= 4 is 23.2 Å². The molecule has 0 fully saturated rings. The Kier molecular flexibility index (Phi) is 5.97. The standard InChI is InChI=1S/C16H15ClN2O5/c1-23-14-5-3-2-4-11(14)9-18-16(20)10-24-15-7-6-12(19(21)22)8-13(15)17/h2-8H,9-10H2,1H3,(H,18,20). The van der Waals surface area contributed by atoms with Gasteiger partial charge in [0.25, 0.3) is 11.6 Å². The Bertz CT molecular complexity index is 751. The molecule has 2 rings (SSSR count). The highest BCUT2D eigenvalue weighted by Gasteiger charge is 2.12. The molecule has 0 bridgehead atoms. The molecule has 0 aromatic heterocycles. The Labute approximate surface area is 143 Å². The van der Waals surface area contributed by atoms with Crippen molar-refractivity contribution in [2.24, 2.45) is 0 Å². The molecule has 1 N–H and O–H groups in total. The van der Waals surface area contributed by atoms with Crippen LogP contribution in [0.1, 0.15) is 5.56 Å². The second-order valence-corrected chi connectivity index (χ2v) is 5.16. The minimum absolute atomic E-state index is 0.0710. The van der Waals surface area contributed by atoms with Crippen LogP contribution in [0.2, 0.25) is 5.02 Å². The van der Waals surface area contributed by atoms with Crippen LogP contribution < -0.4 is 14.8 Å². The Morgan fingerprint density at radius 1 is 1.25 bits per heavy atom. The smallest absolute Gasteiger partial charge is 0.271 e. The van der Waals surface area contributed by atoms with E-state index in [9.17, 15) is 14.9 Å². The summed E-state index contributed by atoms with van der Waals surface area (Å²) in [6, 6.07) is 11.1. The summed E-state index contributed by atoms with van der Waals surface area (Å²) < 4.78 is 10.5. The van der Waals surface area contributed by atoms with Gasteiger partial charge in [-0.1, -0.05) is 29.8 Å². The second kappa shape index (κ2) is 8.16. The number of carbonyl (C=O) groups excluding carboxylic acids is 1. The number of non-ortho nitro benzene ring substituents is 1. The van der Waals surface area contributed by atoms with Crippen LogP contribution in [0.3, 0.4) is 0 Å². The lowest BCUT2D eigenvalue weighted by molar-refractivity contribution is -0.384. The number of benzene rings is 2. The molecule has 0 saturated heterocycles. The first-order valence-corrected chi connectivity index (χ1v) is 7.34.